The molecule has 0 spiro atoms. The summed E-state index contributed by atoms with van der Waals surface area (Å²) in [5.74, 6) is 0.147. The van der Waals surface area contributed by atoms with E-state index in [9.17, 15) is 4.79 Å². The van der Waals surface area contributed by atoms with Crippen LogP contribution in [0.25, 0.3) is 0 Å². The van der Waals surface area contributed by atoms with Crippen molar-refractivity contribution in [1.82, 2.24) is 5.32 Å². The van der Waals surface area contributed by atoms with Gasteiger partial charge in [-0.3, -0.25) is 4.79 Å². The third-order valence-corrected chi connectivity index (χ3v) is 4.77. The van der Waals surface area contributed by atoms with E-state index in [2.05, 4.69) is 12.2 Å². The summed E-state index contributed by atoms with van der Waals surface area (Å²) in [6.45, 7) is 5.82. The highest BCUT2D eigenvalue weighted by atomic mass is 16.5. The Balaban J connectivity index is 1.74. The second-order valence-electron chi connectivity index (χ2n) is 6.05. The third-order valence-electron chi connectivity index (χ3n) is 4.77. The summed E-state index contributed by atoms with van der Waals surface area (Å²) in [5, 5.41) is 3.69. The van der Waals surface area contributed by atoms with Gasteiger partial charge in [0.1, 0.15) is 0 Å². The minimum Gasteiger partial charge on any atom is -0.466 e. The van der Waals surface area contributed by atoms with E-state index < -0.39 is 0 Å². The molecule has 0 saturated heterocycles. The van der Waals surface area contributed by atoms with Crippen molar-refractivity contribution in [3.63, 3.8) is 0 Å². The van der Waals surface area contributed by atoms with Crippen molar-refractivity contribution in [2.45, 2.75) is 64.8 Å². The molecule has 2 unspecified atom stereocenters. The van der Waals surface area contributed by atoms with Crippen LogP contribution in [0.4, 0.5) is 0 Å². The number of ether oxygens (including phenoxy) is 1. The Morgan fingerprint density at radius 1 is 1.33 bits per heavy atom. The summed E-state index contributed by atoms with van der Waals surface area (Å²) in [4.78, 5) is 11.8. The van der Waals surface area contributed by atoms with E-state index in [1.165, 1.54) is 25.7 Å². The van der Waals surface area contributed by atoms with Crippen LogP contribution in [0.3, 0.4) is 0 Å². The second kappa shape index (κ2) is 6.05. The zero-order valence-electron chi connectivity index (χ0n) is 11.8. The summed E-state index contributed by atoms with van der Waals surface area (Å²) in [6, 6.07) is 0.525. The lowest BCUT2D eigenvalue weighted by molar-refractivity contribution is -0.149. The monoisotopic (exact) mass is 253 g/mol. The molecule has 18 heavy (non-hydrogen) atoms. The topological polar surface area (TPSA) is 38.3 Å². The van der Waals surface area contributed by atoms with Gasteiger partial charge >= 0.3 is 5.97 Å². The van der Waals surface area contributed by atoms with Crippen LogP contribution in [0.1, 0.15) is 58.8 Å². The molecule has 0 aromatic heterocycles. The largest absolute Gasteiger partial charge is 0.466 e. The van der Waals surface area contributed by atoms with Crippen molar-refractivity contribution in [3.05, 3.63) is 0 Å². The van der Waals surface area contributed by atoms with Crippen molar-refractivity contribution in [2.75, 3.05) is 13.2 Å². The van der Waals surface area contributed by atoms with Gasteiger partial charge in [-0.15, -0.1) is 0 Å². The van der Waals surface area contributed by atoms with Crippen LogP contribution in [-0.4, -0.2) is 25.2 Å². The van der Waals surface area contributed by atoms with E-state index in [1.807, 2.05) is 6.92 Å². The lowest BCUT2D eigenvalue weighted by Gasteiger charge is -2.30. The number of carbonyl (C=O) groups is 1. The van der Waals surface area contributed by atoms with Crippen LogP contribution >= 0.6 is 0 Å². The molecule has 3 nitrogen and oxygen atoms in total. The summed E-state index contributed by atoms with van der Waals surface area (Å²) in [7, 11) is 0. The van der Waals surface area contributed by atoms with Gasteiger partial charge in [0.25, 0.3) is 0 Å². The first-order chi connectivity index (χ1) is 8.69. The van der Waals surface area contributed by atoms with Gasteiger partial charge in [0.05, 0.1) is 12.5 Å². The van der Waals surface area contributed by atoms with Crippen molar-refractivity contribution in [1.29, 1.82) is 0 Å². The Bertz CT molecular complexity index is 286. The first-order valence-corrected chi connectivity index (χ1v) is 7.59. The van der Waals surface area contributed by atoms with Gasteiger partial charge in [0.15, 0.2) is 0 Å². The summed E-state index contributed by atoms with van der Waals surface area (Å²) in [5.41, 5.74) is 0.594. The van der Waals surface area contributed by atoms with Gasteiger partial charge in [-0.2, -0.15) is 0 Å². The van der Waals surface area contributed by atoms with Crippen molar-refractivity contribution >= 4 is 5.97 Å². The summed E-state index contributed by atoms with van der Waals surface area (Å²) >= 11 is 0. The van der Waals surface area contributed by atoms with E-state index >= 15 is 0 Å². The molecule has 0 aromatic carbocycles. The Morgan fingerprint density at radius 2 is 2.11 bits per heavy atom. The maximum Gasteiger partial charge on any atom is 0.308 e. The van der Waals surface area contributed by atoms with Crippen molar-refractivity contribution < 1.29 is 9.53 Å². The first kappa shape index (κ1) is 13.9. The molecule has 0 radical (unpaired) electrons. The molecule has 2 rings (SSSR count). The zero-order valence-corrected chi connectivity index (χ0v) is 11.8. The Kier molecular flexibility index (Phi) is 4.66. The van der Waals surface area contributed by atoms with E-state index in [-0.39, 0.29) is 11.9 Å². The highest BCUT2D eigenvalue weighted by Crippen LogP contribution is 2.48. The predicted molar refractivity (Wildman–Crippen MR) is 72.3 cm³/mol. The molecule has 2 saturated carbocycles. The number of nitrogens with one attached hydrogen (secondary N) is 1. The Hall–Kier alpha value is -0.570. The average Bonchev–Trinajstić information content (AvgIpc) is 3.18. The maximum atomic E-state index is 11.8. The fourth-order valence-electron chi connectivity index (χ4n) is 3.04. The van der Waals surface area contributed by atoms with E-state index in [0.717, 1.165) is 25.8 Å². The SMILES string of the molecule is CCOC(=O)C1CCCC(NCC2(CC)CC2)C1. The van der Waals surface area contributed by atoms with E-state index in [1.54, 1.807) is 0 Å². The molecule has 104 valence electrons. The molecule has 0 amide bonds. The smallest absolute Gasteiger partial charge is 0.308 e. The fourth-order valence-corrected chi connectivity index (χ4v) is 3.04. The van der Waals surface area contributed by atoms with Crippen molar-refractivity contribution in [2.24, 2.45) is 11.3 Å². The van der Waals surface area contributed by atoms with E-state index in [4.69, 9.17) is 4.74 Å². The Labute approximate surface area is 111 Å². The molecular formula is C15H27NO2. The molecule has 0 heterocycles. The third kappa shape index (κ3) is 3.47. The van der Waals surface area contributed by atoms with Gasteiger partial charge in [-0.1, -0.05) is 13.3 Å². The minimum atomic E-state index is 0.0145. The average molecular weight is 253 g/mol. The number of hydrogen-bond donors (Lipinski definition) is 1. The number of rotatable bonds is 6. The first-order valence-electron chi connectivity index (χ1n) is 7.59. The molecule has 3 heteroatoms. The van der Waals surface area contributed by atoms with Crippen LogP contribution in [-0.2, 0) is 9.53 Å². The molecular weight excluding hydrogens is 226 g/mol. The van der Waals surface area contributed by atoms with Crippen LogP contribution in [0.15, 0.2) is 0 Å². The van der Waals surface area contributed by atoms with Gasteiger partial charge in [0, 0.05) is 12.6 Å². The normalized spacial score (nSPS) is 29.9. The number of carbonyl (C=O) groups excluding carboxylic acids is 1. The lowest BCUT2D eigenvalue weighted by atomic mass is 9.85. The van der Waals surface area contributed by atoms with Gasteiger partial charge in [-0.05, 0) is 50.9 Å². The van der Waals surface area contributed by atoms with Gasteiger partial charge in [0.2, 0.25) is 0 Å². The lowest BCUT2D eigenvalue weighted by Crippen LogP contribution is -2.39. The van der Waals surface area contributed by atoms with Crippen LogP contribution < -0.4 is 5.32 Å². The molecule has 1 N–H and O–H groups in total. The fraction of sp³-hybridized carbons (Fsp3) is 0.933. The highest BCUT2D eigenvalue weighted by molar-refractivity contribution is 5.72. The highest BCUT2D eigenvalue weighted by Gasteiger charge is 2.41. The molecule has 0 aromatic rings. The van der Waals surface area contributed by atoms with E-state index in [0.29, 0.717) is 18.1 Å². The molecule has 0 bridgehead atoms. The maximum absolute atomic E-state index is 11.8. The quantitative estimate of drug-likeness (QED) is 0.740. The van der Waals surface area contributed by atoms with Gasteiger partial charge < -0.3 is 10.1 Å². The number of hydrogen-bond acceptors (Lipinski definition) is 3. The van der Waals surface area contributed by atoms with Crippen LogP contribution in [0.2, 0.25) is 0 Å². The predicted octanol–water partition coefficient (Wildman–Crippen LogP) is 2.89. The summed E-state index contributed by atoms with van der Waals surface area (Å²) in [6.07, 6.45) is 8.40. The molecule has 2 fully saturated rings. The Morgan fingerprint density at radius 3 is 2.72 bits per heavy atom. The molecule has 2 aliphatic rings. The molecule has 2 aliphatic carbocycles. The molecule has 0 aliphatic heterocycles. The van der Waals surface area contributed by atoms with Crippen LogP contribution in [0, 0.1) is 11.3 Å². The second-order valence-corrected chi connectivity index (χ2v) is 6.05. The van der Waals surface area contributed by atoms with Gasteiger partial charge in [-0.25, -0.2) is 0 Å². The minimum absolute atomic E-state index is 0.0145. The zero-order chi connectivity index (χ0) is 13.0. The van der Waals surface area contributed by atoms with Crippen LogP contribution in [0.5, 0.6) is 0 Å². The summed E-state index contributed by atoms with van der Waals surface area (Å²) < 4.78 is 5.14. The van der Waals surface area contributed by atoms with Crippen molar-refractivity contribution in [3.8, 4) is 0 Å². The molecule has 2 atom stereocenters. The standard InChI is InChI=1S/C15H27NO2/c1-3-15(8-9-15)11-16-13-7-5-6-12(10-13)14(17)18-4-2/h12-13,16H,3-11H2,1-2H3. The number of esters is 1.